The van der Waals surface area contributed by atoms with Crippen LogP contribution in [0.5, 0.6) is 0 Å². The van der Waals surface area contributed by atoms with Crippen molar-refractivity contribution in [2.45, 2.75) is 101 Å². The van der Waals surface area contributed by atoms with Gasteiger partial charge in [0.1, 0.15) is 37.1 Å². The predicted molar refractivity (Wildman–Crippen MR) is 182 cm³/mol. The molecule has 2 aromatic rings. The average Bonchev–Trinajstić information content (AvgIpc) is 3.17. The lowest BCUT2D eigenvalue weighted by Gasteiger charge is -2.48. The Morgan fingerprint density at radius 1 is 0.808 bits per heavy atom. The van der Waals surface area contributed by atoms with E-state index in [-0.39, 0.29) is 24.3 Å². The maximum Gasteiger partial charge on any atom is 0.338 e. The number of carbonyl (C=O) groups excluding carboxylic acids is 3. The van der Waals surface area contributed by atoms with Crippen molar-refractivity contribution in [2.24, 2.45) is 5.11 Å². The van der Waals surface area contributed by atoms with Crippen LogP contribution in [0.4, 0.5) is 0 Å². The molecule has 5 unspecified atom stereocenters. The molecular formula is C36H47N3O13. The minimum atomic E-state index is -1.65. The van der Waals surface area contributed by atoms with Crippen LogP contribution in [0, 0.1) is 0 Å². The van der Waals surface area contributed by atoms with Gasteiger partial charge in [0.15, 0.2) is 24.8 Å². The van der Waals surface area contributed by atoms with Crippen LogP contribution in [-0.4, -0.2) is 118 Å². The summed E-state index contributed by atoms with van der Waals surface area (Å²) in [6.07, 6.45) is -9.66. The number of unbranched alkanes of at least 4 members (excludes halogenated alkanes) is 2. The maximum atomic E-state index is 13.5. The Bertz CT molecular complexity index is 1460. The highest BCUT2D eigenvalue weighted by Gasteiger charge is 2.55. The van der Waals surface area contributed by atoms with E-state index in [1.165, 1.54) is 7.11 Å². The fourth-order valence-electron chi connectivity index (χ4n) is 5.78. The molecule has 0 bridgehead atoms. The third-order valence-electron chi connectivity index (χ3n) is 8.53. The molecule has 16 nitrogen and oxygen atoms in total. The van der Waals surface area contributed by atoms with E-state index in [1.54, 1.807) is 60.7 Å². The summed E-state index contributed by atoms with van der Waals surface area (Å²) in [5.41, 5.74) is 10.0. The van der Waals surface area contributed by atoms with Crippen LogP contribution in [0.3, 0.4) is 0 Å². The third-order valence-corrected chi connectivity index (χ3v) is 8.53. The summed E-state index contributed by atoms with van der Waals surface area (Å²) >= 11 is 0. The summed E-state index contributed by atoms with van der Waals surface area (Å²) < 4.78 is 53.2. The van der Waals surface area contributed by atoms with Crippen LogP contribution in [0.15, 0.2) is 65.8 Å². The number of azide groups is 1. The molecule has 10 atom stereocenters. The van der Waals surface area contributed by atoms with Gasteiger partial charge in [-0.25, -0.2) is 14.4 Å². The van der Waals surface area contributed by atoms with Gasteiger partial charge in [0.2, 0.25) is 0 Å². The Kier molecular flexibility index (Phi) is 16.3. The topological polar surface area (TPSA) is 203 Å². The molecule has 0 aromatic heterocycles. The summed E-state index contributed by atoms with van der Waals surface area (Å²) in [6, 6.07) is 15.3. The van der Waals surface area contributed by atoms with Gasteiger partial charge in [0.05, 0.1) is 24.3 Å². The van der Waals surface area contributed by atoms with E-state index in [4.69, 9.17) is 42.6 Å². The standard InChI is InChI=1S/C36H47N3O13/c1-5-7-19-46-28-25(38-39-37)35(45-4)49-24(21-48-32(41)22-15-11-9-12-16-22)27(28)51-36-31(50-33(42)23-17-13-10-14-18-23)29(47-20-8-6-2)26(40)30(52-36)34(43)44-3/h9-18,24-31,35-36,40H,5-8,19-21H2,1-4H3/t24?,25?,26-,27+,28+,29-,30?,31?,35-,36?/m0/s1. The third kappa shape index (κ3) is 10.5. The molecule has 2 aromatic carbocycles. The van der Waals surface area contributed by atoms with Crippen LogP contribution in [0.25, 0.3) is 10.4 Å². The monoisotopic (exact) mass is 729 g/mol. The molecule has 2 heterocycles. The first-order valence-corrected chi connectivity index (χ1v) is 17.3. The number of methoxy groups -OCH3 is 2. The van der Waals surface area contributed by atoms with Crippen molar-refractivity contribution in [1.29, 1.82) is 0 Å². The number of benzene rings is 2. The number of rotatable bonds is 18. The second-order valence-corrected chi connectivity index (χ2v) is 12.1. The van der Waals surface area contributed by atoms with Gasteiger partial charge in [-0.1, -0.05) is 68.2 Å². The zero-order chi connectivity index (χ0) is 37.5. The summed E-state index contributed by atoms with van der Waals surface area (Å²) in [4.78, 5) is 42.5. The smallest absolute Gasteiger partial charge is 0.338 e. The largest absolute Gasteiger partial charge is 0.467 e. The predicted octanol–water partition coefficient (Wildman–Crippen LogP) is 4.13. The normalized spacial score (nSPS) is 28.6. The molecule has 2 aliphatic rings. The van der Waals surface area contributed by atoms with Gasteiger partial charge < -0.3 is 47.7 Å². The van der Waals surface area contributed by atoms with Gasteiger partial charge >= 0.3 is 17.9 Å². The lowest BCUT2D eigenvalue weighted by atomic mass is 9.95. The van der Waals surface area contributed by atoms with E-state index in [0.29, 0.717) is 12.8 Å². The van der Waals surface area contributed by atoms with Gasteiger partial charge in [0, 0.05) is 25.2 Å². The van der Waals surface area contributed by atoms with Crippen LogP contribution in [0.1, 0.15) is 60.2 Å². The minimum absolute atomic E-state index is 0.139. The van der Waals surface area contributed by atoms with Crippen molar-refractivity contribution in [2.75, 3.05) is 34.0 Å². The second kappa shape index (κ2) is 20.8. The number of carbonyl (C=O) groups is 3. The van der Waals surface area contributed by atoms with Gasteiger partial charge in [-0.3, -0.25) is 0 Å². The average molecular weight is 730 g/mol. The lowest BCUT2D eigenvalue weighted by Crippen LogP contribution is -2.66. The van der Waals surface area contributed by atoms with Crippen molar-refractivity contribution in [3.63, 3.8) is 0 Å². The van der Waals surface area contributed by atoms with Gasteiger partial charge in [-0.15, -0.1) is 0 Å². The van der Waals surface area contributed by atoms with E-state index < -0.39 is 85.9 Å². The van der Waals surface area contributed by atoms with Gasteiger partial charge in [-0.2, -0.15) is 0 Å². The molecule has 0 amide bonds. The first-order valence-electron chi connectivity index (χ1n) is 17.3. The Hall–Kier alpha value is -4.12. The molecule has 1 N–H and O–H groups in total. The molecule has 16 heteroatoms. The summed E-state index contributed by atoms with van der Waals surface area (Å²) in [6.45, 7) is 3.86. The summed E-state index contributed by atoms with van der Waals surface area (Å²) in [5, 5.41) is 15.3. The number of aliphatic hydroxyl groups excluding tert-OH is 1. The number of hydrogen-bond acceptors (Lipinski definition) is 14. The molecule has 2 aliphatic heterocycles. The Labute approximate surface area is 302 Å². The molecule has 2 saturated heterocycles. The van der Waals surface area contributed by atoms with Crippen LogP contribution >= 0.6 is 0 Å². The quantitative estimate of drug-likeness (QED) is 0.0573. The van der Waals surface area contributed by atoms with Gasteiger partial charge in [0.25, 0.3) is 0 Å². The van der Waals surface area contributed by atoms with Crippen molar-refractivity contribution in [3.05, 3.63) is 82.2 Å². The first-order chi connectivity index (χ1) is 25.3. The molecule has 284 valence electrons. The first kappa shape index (κ1) is 40.6. The zero-order valence-corrected chi connectivity index (χ0v) is 29.7. The molecule has 0 aliphatic carbocycles. The number of aliphatic hydroxyl groups is 1. The highest BCUT2D eigenvalue weighted by Crippen LogP contribution is 2.35. The van der Waals surface area contributed by atoms with E-state index in [9.17, 15) is 25.0 Å². The molecule has 52 heavy (non-hydrogen) atoms. The molecule has 2 fully saturated rings. The Morgan fingerprint density at radius 2 is 1.40 bits per heavy atom. The van der Waals surface area contributed by atoms with E-state index >= 15 is 0 Å². The zero-order valence-electron chi connectivity index (χ0n) is 29.7. The van der Waals surface area contributed by atoms with Gasteiger partial charge in [-0.05, 0) is 42.6 Å². The lowest BCUT2D eigenvalue weighted by molar-refractivity contribution is -0.345. The fraction of sp³-hybridized carbons (Fsp3) is 0.583. The number of hydrogen-bond donors (Lipinski definition) is 1. The second-order valence-electron chi connectivity index (χ2n) is 12.1. The highest BCUT2D eigenvalue weighted by atomic mass is 16.8. The molecular weight excluding hydrogens is 682 g/mol. The maximum absolute atomic E-state index is 13.5. The minimum Gasteiger partial charge on any atom is -0.467 e. The van der Waals surface area contributed by atoms with Crippen LogP contribution < -0.4 is 0 Å². The van der Waals surface area contributed by atoms with Crippen molar-refractivity contribution < 1.29 is 62.1 Å². The Balaban J connectivity index is 1.77. The molecule has 0 spiro atoms. The fourth-order valence-corrected chi connectivity index (χ4v) is 5.78. The number of esters is 3. The number of ether oxygens (including phenoxy) is 9. The Morgan fingerprint density at radius 3 is 1.96 bits per heavy atom. The SMILES string of the molecule is CCCCO[C@@H]1C(OC(=O)c2ccccc2)C(O[C@@H]2C(COC(=O)c3ccccc3)O[C@H](OC)C(N=[N+]=[N-])[C@H]2OCCCC)OC(C(=O)OC)[C@H]1O. The molecule has 0 saturated carbocycles. The van der Waals surface area contributed by atoms with Crippen LogP contribution in [-0.2, 0) is 47.4 Å². The van der Waals surface area contributed by atoms with Crippen molar-refractivity contribution in [1.82, 2.24) is 0 Å². The number of nitrogens with zero attached hydrogens (tertiary/aromatic N) is 3. The van der Waals surface area contributed by atoms with Crippen molar-refractivity contribution >= 4 is 17.9 Å². The molecule has 0 radical (unpaired) electrons. The summed E-state index contributed by atoms with van der Waals surface area (Å²) in [7, 11) is 2.48. The van der Waals surface area contributed by atoms with Crippen molar-refractivity contribution in [3.8, 4) is 0 Å². The van der Waals surface area contributed by atoms with E-state index in [0.717, 1.165) is 20.0 Å². The van der Waals surface area contributed by atoms with Crippen LogP contribution in [0.2, 0.25) is 0 Å². The van der Waals surface area contributed by atoms with E-state index in [1.807, 2.05) is 13.8 Å². The summed E-state index contributed by atoms with van der Waals surface area (Å²) in [5.74, 6) is -2.38. The highest BCUT2D eigenvalue weighted by molar-refractivity contribution is 5.90. The molecule has 4 rings (SSSR count). The van der Waals surface area contributed by atoms with E-state index in [2.05, 4.69) is 10.0 Å².